The van der Waals surface area contributed by atoms with Crippen molar-refractivity contribution in [2.45, 2.75) is 32.4 Å². The third kappa shape index (κ3) is 4.02. The summed E-state index contributed by atoms with van der Waals surface area (Å²) in [5.74, 6) is 0.755. The molecule has 27 heavy (non-hydrogen) atoms. The van der Waals surface area contributed by atoms with E-state index in [9.17, 15) is 4.79 Å². The highest BCUT2D eigenvalue weighted by molar-refractivity contribution is 5.74. The van der Waals surface area contributed by atoms with Gasteiger partial charge in [-0.15, -0.1) is 0 Å². The van der Waals surface area contributed by atoms with Gasteiger partial charge in [-0.3, -0.25) is 5.10 Å². The first-order chi connectivity index (χ1) is 13.2. The molecule has 0 radical (unpaired) electrons. The summed E-state index contributed by atoms with van der Waals surface area (Å²) in [6.45, 7) is 5.92. The number of aromatic amines is 1. The number of carbonyl (C=O) groups is 1. The fourth-order valence-corrected chi connectivity index (χ4v) is 3.46. The molecule has 2 amide bonds. The Morgan fingerprint density at radius 3 is 3.00 bits per heavy atom. The van der Waals surface area contributed by atoms with E-state index in [0.717, 1.165) is 36.0 Å². The summed E-state index contributed by atoms with van der Waals surface area (Å²) in [7, 11) is 0. The number of anilines is 1. The Kier molecular flexibility index (Phi) is 5.19. The number of rotatable bonds is 4. The predicted molar refractivity (Wildman–Crippen MR) is 99.3 cm³/mol. The molecule has 144 valence electrons. The van der Waals surface area contributed by atoms with Gasteiger partial charge in [0.1, 0.15) is 6.10 Å². The van der Waals surface area contributed by atoms with Gasteiger partial charge in [0.05, 0.1) is 25.0 Å². The summed E-state index contributed by atoms with van der Waals surface area (Å²) in [4.78, 5) is 25.6. The van der Waals surface area contributed by atoms with E-state index in [2.05, 4.69) is 30.4 Å². The summed E-state index contributed by atoms with van der Waals surface area (Å²) in [5, 5.41) is 9.81. The maximum atomic E-state index is 12.5. The van der Waals surface area contributed by atoms with Crippen LogP contribution in [0.4, 0.5) is 10.7 Å². The van der Waals surface area contributed by atoms with E-state index in [4.69, 9.17) is 4.74 Å². The summed E-state index contributed by atoms with van der Waals surface area (Å²) in [6.07, 6.45) is 5.64. The monoisotopic (exact) mass is 371 g/mol. The lowest BCUT2D eigenvalue weighted by Gasteiger charge is -2.32. The van der Waals surface area contributed by atoms with Crippen molar-refractivity contribution in [3.8, 4) is 0 Å². The van der Waals surface area contributed by atoms with E-state index in [0.29, 0.717) is 26.2 Å². The largest absolute Gasteiger partial charge is 0.368 e. The quantitative estimate of drug-likeness (QED) is 0.843. The van der Waals surface area contributed by atoms with Crippen molar-refractivity contribution in [1.82, 2.24) is 30.4 Å². The molecule has 9 nitrogen and oxygen atoms in total. The van der Waals surface area contributed by atoms with Crippen LogP contribution in [0, 0.1) is 6.92 Å². The molecule has 2 aromatic heterocycles. The van der Waals surface area contributed by atoms with Gasteiger partial charge in [0.2, 0.25) is 5.95 Å². The molecular weight excluding hydrogens is 346 g/mol. The maximum Gasteiger partial charge on any atom is 0.317 e. The minimum absolute atomic E-state index is 0.0993. The third-order valence-corrected chi connectivity index (χ3v) is 5.10. The molecule has 2 aliphatic rings. The van der Waals surface area contributed by atoms with Crippen LogP contribution in [0.2, 0.25) is 0 Å². The first-order valence-corrected chi connectivity index (χ1v) is 9.42. The van der Waals surface area contributed by atoms with Gasteiger partial charge in [0.15, 0.2) is 0 Å². The van der Waals surface area contributed by atoms with Gasteiger partial charge in [-0.1, -0.05) is 0 Å². The first-order valence-electron chi connectivity index (χ1n) is 9.42. The van der Waals surface area contributed by atoms with Gasteiger partial charge in [0.25, 0.3) is 0 Å². The predicted octanol–water partition coefficient (Wildman–Crippen LogP) is 1.39. The van der Waals surface area contributed by atoms with E-state index >= 15 is 0 Å². The lowest BCUT2D eigenvalue weighted by Crippen LogP contribution is -2.47. The highest BCUT2D eigenvalue weighted by Gasteiger charge is 2.27. The van der Waals surface area contributed by atoms with Crippen molar-refractivity contribution < 1.29 is 9.53 Å². The zero-order valence-corrected chi connectivity index (χ0v) is 15.5. The molecule has 2 fully saturated rings. The second-order valence-corrected chi connectivity index (χ2v) is 6.96. The minimum atomic E-state index is -0.232. The van der Waals surface area contributed by atoms with Crippen LogP contribution in [0.5, 0.6) is 0 Å². The van der Waals surface area contributed by atoms with Crippen molar-refractivity contribution in [3.05, 3.63) is 35.4 Å². The molecule has 0 aromatic carbocycles. The van der Waals surface area contributed by atoms with Gasteiger partial charge in [0, 0.05) is 43.6 Å². The van der Waals surface area contributed by atoms with Crippen molar-refractivity contribution in [3.63, 3.8) is 0 Å². The van der Waals surface area contributed by atoms with Crippen molar-refractivity contribution >= 4 is 12.0 Å². The number of aryl methyl sites for hydroxylation is 1. The number of ether oxygens (including phenoxy) is 1. The average Bonchev–Trinajstić information content (AvgIpc) is 3.38. The number of nitrogens with one attached hydrogen (secondary N) is 2. The van der Waals surface area contributed by atoms with Crippen molar-refractivity contribution in [2.75, 3.05) is 37.7 Å². The smallest absolute Gasteiger partial charge is 0.317 e. The van der Waals surface area contributed by atoms with Crippen LogP contribution < -0.4 is 10.2 Å². The Hall–Kier alpha value is -2.68. The molecule has 2 N–H and O–H groups in total. The van der Waals surface area contributed by atoms with Gasteiger partial charge in [-0.05, 0) is 25.8 Å². The molecule has 0 bridgehead atoms. The first kappa shape index (κ1) is 17.7. The number of amides is 2. The zero-order chi connectivity index (χ0) is 18.6. The van der Waals surface area contributed by atoms with E-state index in [1.54, 1.807) is 17.3 Å². The third-order valence-electron chi connectivity index (χ3n) is 5.10. The lowest BCUT2D eigenvalue weighted by molar-refractivity contribution is -0.0176. The molecule has 4 rings (SSSR count). The zero-order valence-electron chi connectivity index (χ0n) is 15.5. The number of morpholine rings is 1. The normalized spacial score (nSPS) is 20.1. The molecule has 9 heteroatoms. The van der Waals surface area contributed by atoms with Crippen LogP contribution in [-0.4, -0.2) is 63.9 Å². The Bertz CT molecular complexity index is 788. The second-order valence-electron chi connectivity index (χ2n) is 6.96. The summed E-state index contributed by atoms with van der Waals surface area (Å²) in [5.41, 5.74) is 2.78. The molecule has 0 aliphatic carbocycles. The summed E-state index contributed by atoms with van der Waals surface area (Å²) in [6, 6.07) is 1.78. The fraction of sp³-hybridized carbons (Fsp3) is 0.556. The molecule has 0 saturated carbocycles. The van der Waals surface area contributed by atoms with Crippen LogP contribution in [0.25, 0.3) is 0 Å². The van der Waals surface area contributed by atoms with Crippen LogP contribution in [0.1, 0.15) is 35.9 Å². The number of carbonyl (C=O) groups excluding carboxylic acids is 1. The van der Waals surface area contributed by atoms with Crippen molar-refractivity contribution in [2.24, 2.45) is 0 Å². The van der Waals surface area contributed by atoms with Crippen LogP contribution >= 0.6 is 0 Å². The van der Waals surface area contributed by atoms with Crippen molar-refractivity contribution in [1.29, 1.82) is 0 Å². The van der Waals surface area contributed by atoms with E-state index < -0.39 is 0 Å². The standard InChI is InChI=1S/C18H25N7O2/c1-13-14(11-21-23-13)10-20-18(26)25-8-9-27-16(12-25)15-4-5-19-17(22-15)24-6-2-3-7-24/h4-5,11,16H,2-3,6-10,12H2,1H3,(H,20,26)(H,21,23)/t16-/m0/s1. The minimum Gasteiger partial charge on any atom is -0.368 e. The van der Waals surface area contributed by atoms with Crippen LogP contribution in [0.3, 0.4) is 0 Å². The molecule has 2 aromatic rings. The topological polar surface area (TPSA) is 99.3 Å². The molecule has 4 heterocycles. The Morgan fingerprint density at radius 2 is 2.22 bits per heavy atom. The fourth-order valence-electron chi connectivity index (χ4n) is 3.46. The Morgan fingerprint density at radius 1 is 1.37 bits per heavy atom. The number of aromatic nitrogens is 4. The SMILES string of the molecule is Cc1[nH]ncc1CNC(=O)N1CCO[C@H](c2ccnc(N3CCCC3)n2)C1. The van der Waals surface area contributed by atoms with E-state index in [-0.39, 0.29) is 12.1 Å². The number of hydrogen-bond acceptors (Lipinski definition) is 6. The number of H-pyrrole nitrogens is 1. The average molecular weight is 371 g/mol. The van der Waals surface area contributed by atoms with Crippen LogP contribution in [-0.2, 0) is 11.3 Å². The summed E-state index contributed by atoms with van der Waals surface area (Å²) < 4.78 is 5.89. The van der Waals surface area contributed by atoms with E-state index in [1.807, 2.05) is 13.0 Å². The Balaban J connectivity index is 1.38. The molecular formula is C18H25N7O2. The highest BCUT2D eigenvalue weighted by atomic mass is 16.5. The maximum absolute atomic E-state index is 12.5. The molecule has 0 spiro atoms. The Labute approximate surface area is 158 Å². The molecule has 2 saturated heterocycles. The number of nitrogens with zero attached hydrogens (tertiary/aromatic N) is 5. The number of urea groups is 1. The lowest BCUT2D eigenvalue weighted by atomic mass is 10.2. The van der Waals surface area contributed by atoms with Gasteiger partial charge in [-0.25, -0.2) is 14.8 Å². The highest BCUT2D eigenvalue weighted by Crippen LogP contribution is 2.23. The number of hydrogen-bond donors (Lipinski definition) is 2. The van der Waals surface area contributed by atoms with Gasteiger partial charge < -0.3 is 19.9 Å². The summed E-state index contributed by atoms with van der Waals surface area (Å²) >= 11 is 0. The van der Waals surface area contributed by atoms with Gasteiger partial charge >= 0.3 is 6.03 Å². The second kappa shape index (κ2) is 7.91. The van der Waals surface area contributed by atoms with E-state index in [1.165, 1.54) is 12.8 Å². The molecule has 0 unspecified atom stereocenters. The molecule has 1 atom stereocenters. The molecule has 2 aliphatic heterocycles. The van der Waals surface area contributed by atoms with Crippen LogP contribution in [0.15, 0.2) is 18.5 Å². The van der Waals surface area contributed by atoms with Gasteiger partial charge in [-0.2, -0.15) is 5.10 Å².